The highest BCUT2D eigenvalue weighted by Gasteiger charge is 2.40. The quantitative estimate of drug-likeness (QED) is 0.354. The monoisotopic (exact) mass is 458 g/mol. The molecule has 1 aromatic heterocycles. The van der Waals surface area contributed by atoms with E-state index in [9.17, 15) is 19.6 Å². The minimum Gasteiger partial charge on any atom is -0.337 e. The number of amides is 3. The first-order valence-electron chi connectivity index (χ1n) is 12.1. The molecule has 0 aromatic carbocycles. The summed E-state index contributed by atoms with van der Waals surface area (Å²) in [6, 6.07) is 1.31. The second-order valence-electron chi connectivity index (χ2n) is 9.36. The molecule has 10 nitrogen and oxygen atoms in total. The molecule has 0 radical (unpaired) electrons. The Hall–Kier alpha value is -2.75. The maximum Gasteiger partial charge on any atom is 0.245 e. The summed E-state index contributed by atoms with van der Waals surface area (Å²) in [5.74, 6) is 0.494. The van der Waals surface area contributed by atoms with Gasteiger partial charge in [-0.05, 0) is 31.2 Å². The molecular formula is C23H34N6O4. The fourth-order valence-corrected chi connectivity index (χ4v) is 5.48. The molecule has 2 saturated heterocycles. The van der Waals surface area contributed by atoms with Gasteiger partial charge in [-0.3, -0.25) is 19.6 Å². The Morgan fingerprint density at radius 3 is 2.42 bits per heavy atom. The highest BCUT2D eigenvalue weighted by molar-refractivity contribution is 5.89. The summed E-state index contributed by atoms with van der Waals surface area (Å²) >= 11 is 0. The van der Waals surface area contributed by atoms with E-state index in [1.165, 1.54) is 0 Å². The number of hydrogen-bond donors (Lipinski definition) is 1. The summed E-state index contributed by atoms with van der Waals surface area (Å²) in [6.07, 6.45) is 10.3. The summed E-state index contributed by atoms with van der Waals surface area (Å²) in [5, 5.41) is 10.4. The molecule has 4 rings (SSSR count). The number of carbonyl (C=O) groups excluding carboxylic acids is 3. The van der Waals surface area contributed by atoms with E-state index in [1.807, 2.05) is 4.90 Å². The molecule has 3 fully saturated rings. The lowest BCUT2D eigenvalue weighted by Crippen LogP contribution is -2.55. The van der Waals surface area contributed by atoms with E-state index >= 15 is 0 Å². The van der Waals surface area contributed by atoms with Crippen LogP contribution in [0.25, 0.3) is 0 Å². The van der Waals surface area contributed by atoms with Crippen molar-refractivity contribution in [1.82, 2.24) is 24.8 Å². The van der Waals surface area contributed by atoms with Crippen molar-refractivity contribution in [1.29, 1.82) is 0 Å². The van der Waals surface area contributed by atoms with E-state index in [2.05, 4.69) is 14.9 Å². The SMILES string of the molecule is O=CN(O)C[C@@H](CC1CCCC1)C(=O)N1CCC[C@H]1C(=O)N1CCN(c2ncccn2)CC1. The van der Waals surface area contributed by atoms with Crippen LogP contribution in [-0.2, 0) is 14.4 Å². The third-order valence-corrected chi connectivity index (χ3v) is 7.22. The topological polar surface area (TPSA) is 110 Å². The largest absolute Gasteiger partial charge is 0.337 e. The molecular weight excluding hydrogens is 424 g/mol. The Morgan fingerprint density at radius 2 is 1.76 bits per heavy atom. The van der Waals surface area contributed by atoms with E-state index in [4.69, 9.17) is 0 Å². The highest BCUT2D eigenvalue weighted by atomic mass is 16.5. The number of hydroxylamine groups is 2. The third-order valence-electron chi connectivity index (χ3n) is 7.22. The van der Waals surface area contributed by atoms with Gasteiger partial charge in [-0.15, -0.1) is 0 Å². The Labute approximate surface area is 194 Å². The fraction of sp³-hybridized carbons (Fsp3) is 0.696. The number of rotatable bonds is 8. The predicted molar refractivity (Wildman–Crippen MR) is 120 cm³/mol. The average Bonchev–Trinajstić information content (AvgIpc) is 3.55. The molecule has 0 spiro atoms. The third kappa shape index (κ3) is 5.61. The molecule has 3 heterocycles. The molecule has 1 aromatic rings. The van der Waals surface area contributed by atoms with Crippen molar-refractivity contribution in [2.75, 3.05) is 44.2 Å². The number of hydrogen-bond acceptors (Lipinski definition) is 7. The van der Waals surface area contributed by atoms with Crippen molar-refractivity contribution in [3.05, 3.63) is 18.5 Å². The normalized spacial score (nSPS) is 22.5. The van der Waals surface area contributed by atoms with Crippen molar-refractivity contribution in [2.24, 2.45) is 11.8 Å². The van der Waals surface area contributed by atoms with Crippen LogP contribution in [0.5, 0.6) is 0 Å². The molecule has 2 aliphatic heterocycles. The molecule has 2 atom stereocenters. The van der Waals surface area contributed by atoms with Gasteiger partial charge in [-0.25, -0.2) is 15.0 Å². The lowest BCUT2D eigenvalue weighted by atomic mass is 9.91. The number of carbonyl (C=O) groups is 3. The van der Waals surface area contributed by atoms with Crippen LogP contribution < -0.4 is 4.90 Å². The van der Waals surface area contributed by atoms with Gasteiger partial charge < -0.3 is 14.7 Å². The predicted octanol–water partition coefficient (Wildman–Crippen LogP) is 1.16. The van der Waals surface area contributed by atoms with Crippen molar-refractivity contribution >= 4 is 24.2 Å². The van der Waals surface area contributed by atoms with Gasteiger partial charge in [0.05, 0.1) is 12.5 Å². The van der Waals surface area contributed by atoms with Crippen LogP contribution in [-0.4, -0.2) is 93.6 Å². The zero-order chi connectivity index (χ0) is 23.2. The molecule has 0 bridgehead atoms. The molecule has 1 N–H and O–H groups in total. The zero-order valence-corrected chi connectivity index (χ0v) is 19.1. The molecule has 10 heteroatoms. The Bertz CT molecular complexity index is 810. The summed E-state index contributed by atoms with van der Waals surface area (Å²) in [4.78, 5) is 52.0. The Kier molecular flexibility index (Phi) is 7.74. The molecule has 180 valence electrons. The van der Waals surface area contributed by atoms with Gasteiger partial charge in [0.15, 0.2) is 0 Å². The molecule has 1 saturated carbocycles. The first-order chi connectivity index (χ1) is 16.1. The Balaban J connectivity index is 1.38. The molecule has 1 aliphatic carbocycles. The van der Waals surface area contributed by atoms with Crippen molar-refractivity contribution in [3.8, 4) is 0 Å². The van der Waals surface area contributed by atoms with Gasteiger partial charge in [0.2, 0.25) is 24.2 Å². The van der Waals surface area contributed by atoms with E-state index in [0.29, 0.717) is 68.9 Å². The molecule has 33 heavy (non-hydrogen) atoms. The smallest absolute Gasteiger partial charge is 0.245 e. The fourth-order valence-electron chi connectivity index (χ4n) is 5.48. The van der Waals surface area contributed by atoms with Gasteiger partial charge in [-0.2, -0.15) is 0 Å². The average molecular weight is 459 g/mol. The first kappa shape index (κ1) is 23.4. The van der Waals surface area contributed by atoms with Crippen molar-refractivity contribution in [3.63, 3.8) is 0 Å². The first-order valence-corrected chi connectivity index (χ1v) is 12.1. The summed E-state index contributed by atoms with van der Waals surface area (Å²) in [7, 11) is 0. The highest BCUT2D eigenvalue weighted by Crippen LogP contribution is 2.32. The van der Waals surface area contributed by atoms with Gasteiger partial charge in [0, 0.05) is 45.1 Å². The standard InChI is InChI=1S/C23H34N6O4/c30-17-28(33)16-19(15-18-5-1-2-6-18)21(31)29-10-3-7-20(29)22(32)26-11-13-27(14-12-26)23-24-8-4-9-25-23/h4,8-9,17-20,33H,1-3,5-7,10-16H2/t19-,20+/m1/s1. The van der Waals surface area contributed by atoms with Crippen LogP contribution in [0.3, 0.4) is 0 Å². The number of nitrogens with zero attached hydrogens (tertiary/aromatic N) is 6. The van der Waals surface area contributed by atoms with Crippen LogP contribution in [0.1, 0.15) is 44.9 Å². The van der Waals surface area contributed by atoms with Gasteiger partial charge >= 0.3 is 0 Å². The zero-order valence-electron chi connectivity index (χ0n) is 19.1. The van der Waals surface area contributed by atoms with E-state index in [1.54, 1.807) is 23.4 Å². The number of anilines is 1. The second kappa shape index (κ2) is 10.9. The minimum absolute atomic E-state index is 0.00895. The minimum atomic E-state index is -0.483. The molecule has 0 unspecified atom stereocenters. The second-order valence-corrected chi connectivity index (χ2v) is 9.36. The number of likely N-dealkylation sites (tertiary alicyclic amines) is 1. The van der Waals surface area contributed by atoms with Crippen LogP contribution in [0, 0.1) is 11.8 Å². The maximum atomic E-state index is 13.5. The molecule has 3 aliphatic rings. The molecule has 3 amide bonds. The lowest BCUT2D eigenvalue weighted by Gasteiger charge is -2.38. The summed E-state index contributed by atoms with van der Waals surface area (Å²) < 4.78 is 0. The van der Waals surface area contributed by atoms with Crippen LogP contribution in [0.2, 0.25) is 0 Å². The lowest BCUT2D eigenvalue weighted by molar-refractivity contribution is -0.159. The Morgan fingerprint density at radius 1 is 1.06 bits per heavy atom. The number of piperazine rings is 1. The van der Waals surface area contributed by atoms with Gasteiger partial charge in [0.1, 0.15) is 6.04 Å². The maximum absolute atomic E-state index is 13.5. The summed E-state index contributed by atoms with van der Waals surface area (Å²) in [5.41, 5.74) is 0. The van der Waals surface area contributed by atoms with E-state index < -0.39 is 12.0 Å². The van der Waals surface area contributed by atoms with E-state index in [0.717, 1.165) is 32.1 Å². The van der Waals surface area contributed by atoms with Crippen LogP contribution in [0.4, 0.5) is 5.95 Å². The van der Waals surface area contributed by atoms with Crippen LogP contribution in [0.15, 0.2) is 18.5 Å². The van der Waals surface area contributed by atoms with Crippen LogP contribution >= 0.6 is 0 Å². The van der Waals surface area contributed by atoms with Gasteiger partial charge in [0.25, 0.3) is 0 Å². The summed E-state index contributed by atoms with van der Waals surface area (Å²) in [6.45, 7) is 2.96. The van der Waals surface area contributed by atoms with Crippen molar-refractivity contribution in [2.45, 2.75) is 51.0 Å². The van der Waals surface area contributed by atoms with Gasteiger partial charge in [-0.1, -0.05) is 25.7 Å². The van der Waals surface area contributed by atoms with Crippen molar-refractivity contribution < 1.29 is 19.6 Å². The van der Waals surface area contributed by atoms with E-state index in [-0.39, 0.29) is 18.4 Å². The number of aromatic nitrogens is 2.